The van der Waals surface area contributed by atoms with Crippen LogP contribution in [0.15, 0.2) is 54.6 Å². The van der Waals surface area contributed by atoms with Gasteiger partial charge in [-0.05, 0) is 48.6 Å². The predicted octanol–water partition coefficient (Wildman–Crippen LogP) is 4.67. The first kappa shape index (κ1) is 22.7. The molecule has 0 radical (unpaired) electrons. The molecule has 0 fully saturated rings. The number of ether oxygens (including phenoxy) is 1. The number of benzene rings is 2. The largest absolute Gasteiger partial charge is 0.462 e. The average Bonchev–Trinajstić information content (AvgIpc) is 3.17. The zero-order valence-electron chi connectivity index (χ0n) is 18.7. The van der Waals surface area contributed by atoms with E-state index >= 15 is 0 Å². The molecule has 0 saturated heterocycles. The molecular weight excluding hydrogens is 436 g/mol. The number of carbonyl (C=O) groups excluding carboxylic acids is 3. The number of fused-ring (bicyclic) bond motifs is 1. The van der Waals surface area contributed by atoms with Crippen LogP contribution in [0.3, 0.4) is 0 Å². The highest BCUT2D eigenvalue weighted by molar-refractivity contribution is 7.17. The summed E-state index contributed by atoms with van der Waals surface area (Å²) >= 11 is 1.34. The van der Waals surface area contributed by atoms with E-state index < -0.39 is 5.97 Å². The van der Waals surface area contributed by atoms with Gasteiger partial charge in [0.05, 0.1) is 18.7 Å². The van der Waals surface area contributed by atoms with Gasteiger partial charge in [-0.2, -0.15) is 0 Å². The van der Waals surface area contributed by atoms with Crippen LogP contribution < -0.4 is 5.32 Å². The summed E-state index contributed by atoms with van der Waals surface area (Å²) in [6, 6.07) is 17.6. The molecule has 0 atom stereocenters. The fourth-order valence-corrected chi connectivity index (χ4v) is 5.21. The van der Waals surface area contributed by atoms with Crippen LogP contribution in [0.1, 0.15) is 56.1 Å². The SMILES string of the molecule is CCOC(=O)c1c(NC(=O)c2ccc(Cc3ccccc3)cc2)sc2c1CCN(C(C)=O)C2. The van der Waals surface area contributed by atoms with Gasteiger partial charge in [-0.3, -0.25) is 9.59 Å². The van der Waals surface area contributed by atoms with Crippen LogP contribution >= 0.6 is 11.3 Å². The van der Waals surface area contributed by atoms with Crippen LogP contribution in [0.5, 0.6) is 0 Å². The monoisotopic (exact) mass is 462 g/mol. The van der Waals surface area contributed by atoms with Crippen molar-refractivity contribution in [1.29, 1.82) is 0 Å². The second-order valence-corrected chi connectivity index (χ2v) is 9.04. The Kier molecular flexibility index (Phi) is 6.89. The first-order valence-corrected chi connectivity index (χ1v) is 11.8. The Morgan fingerprint density at radius 2 is 1.73 bits per heavy atom. The number of rotatable bonds is 6. The number of carbonyl (C=O) groups is 3. The van der Waals surface area contributed by atoms with Gasteiger partial charge in [0.1, 0.15) is 5.00 Å². The second kappa shape index (κ2) is 10.0. The number of anilines is 1. The summed E-state index contributed by atoms with van der Waals surface area (Å²) in [4.78, 5) is 40.1. The van der Waals surface area contributed by atoms with Gasteiger partial charge in [-0.25, -0.2) is 4.79 Å². The third-order valence-corrected chi connectivity index (χ3v) is 6.81. The van der Waals surface area contributed by atoms with Crippen LogP contribution in [-0.4, -0.2) is 35.8 Å². The molecule has 33 heavy (non-hydrogen) atoms. The first-order valence-electron chi connectivity index (χ1n) is 11.0. The lowest BCUT2D eigenvalue weighted by Gasteiger charge is -2.25. The highest BCUT2D eigenvalue weighted by Crippen LogP contribution is 2.38. The number of esters is 1. The molecule has 0 spiro atoms. The van der Waals surface area contributed by atoms with Crippen molar-refractivity contribution in [2.45, 2.75) is 33.2 Å². The Balaban J connectivity index is 1.54. The third kappa shape index (κ3) is 5.14. The standard InChI is InChI=1S/C26H26N2O4S/c1-3-32-26(31)23-21-13-14-28(17(2)29)16-22(21)33-25(23)27-24(30)20-11-9-19(10-12-20)15-18-7-5-4-6-8-18/h4-12H,3,13-16H2,1-2H3,(H,27,30). The van der Waals surface area contributed by atoms with E-state index in [1.54, 1.807) is 24.0 Å². The van der Waals surface area contributed by atoms with E-state index in [2.05, 4.69) is 17.4 Å². The maximum Gasteiger partial charge on any atom is 0.341 e. The summed E-state index contributed by atoms with van der Waals surface area (Å²) in [5.41, 5.74) is 4.11. The van der Waals surface area contributed by atoms with Crippen LogP contribution in [0, 0.1) is 0 Å². The quantitative estimate of drug-likeness (QED) is 0.540. The lowest BCUT2D eigenvalue weighted by molar-refractivity contribution is -0.129. The van der Waals surface area contributed by atoms with Crippen molar-refractivity contribution in [2.75, 3.05) is 18.5 Å². The molecule has 2 amide bonds. The van der Waals surface area contributed by atoms with Crippen LogP contribution in [0.25, 0.3) is 0 Å². The Labute approximate surface area is 197 Å². The summed E-state index contributed by atoms with van der Waals surface area (Å²) in [5, 5.41) is 3.39. The van der Waals surface area contributed by atoms with Gasteiger partial charge in [0, 0.05) is 23.9 Å². The molecule has 1 N–H and O–H groups in total. The molecule has 0 aliphatic carbocycles. The van der Waals surface area contributed by atoms with Crippen molar-refractivity contribution < 1.29 is 19.1 Å². The van der Waals surface area contributed by atoms with Crippen molar-refractivity contribution >= 4 is 34.1 Å². The van der Waals surface area contributed by atoms with E-state index in [9.17, 15) is 14.4 Å². The van der Waals surface area contributed by atoms with Crippen LogP contribution in [0.4, 0.5) is 5.00 Å². The summed E-state index contributed by atoms with van der Waals surface area (Å²) < 4.78 is 5.26. The lowest BCUT2D eigenvalue weighted by atomic mass is 10.0. The van der Waals surface area contributed by atoms with Gasteiger partial charge in [0.25, 0.3) is 5.91 Å². The molecule has 6 nitrogen and oxygen atoms in total. The zero-order valence-corrected chi connectivity index (χ0v) is 19.5. The summed E-state index contributed by atoms with van der Waals surface area (Å²) in [7, 11) is 0. The van der Waals surface area contributed by atoms with E-state index in [-0.39, 0.29) is 18.4 Å². The minimum atomic E-state index is -0.445. The molecule has 0 bridgehead atoms. The van der Waals surface area contributed by atoms with Gasteiger partial charge in [-0.1, -0.05) is 42.5 Å². The van der Waals surface area contributed by atoms with Gasteiger partial charge in [-0.15, -0.1) is 11.3 Å². The number of nitrogens with one attached hydrogen (secondary N) is 1. The molecule has 0 saturated carbocycles. The van der Waals surface area contributed by atoms with Crippen molar-refractivity contribution in [3.05, 3.63) is 87.3 Å². The van der Waals surface area contributed by atoms with Crippen LogP contribution in [-0.2, 0) is 28.9 Å². The smallest absolute Gasteiger partial charge is 0.341 e. The van der Waals surface area contributed by atoms with E-state index in [4.69, 9.17) is 4.74 Å². The van der Waals surface area contributed by atoms with E-state index in [0.29, 0.717) is 35.6 Å². The molecule has 1 aliphatic heterocycles. The number of hydrogen-bond acceptors (Lipinski definition) is 5. The van der Waals surface area contributed by atoms with E-state index in [1.165, 1.54) is 23.8 Å². The molecular formula is C26H26N2O4S. The minimum absolute atomic E-state index is 0.00656. The second-order valence-electron chi connectivity index (χ2n) is 7.93. The van der Waals surface area contributed by atoms with Gasteiger partial charge in [0.2, 0.25) is 5.91 Å². The van der Waals surface area contributed by atoms with Crippen LogP contribution in [0.2, 0.25) is 0 Å². The fourth-order valence-electron chi connectivity index (χ4n) is 3.96. The van der Waals surface area contributed by atoms with Crippen molar-refractivity contribution in [2.24, 2.45) is 0 Å². The minimum Gasteiger partial charge on any atom is -0.462 e. The average molecular weight is 463 g/mol. The topological polar surface area (TPSA) is 75.7 Å². The molecule has 0 unspecified atom stereocenters. The van der Waals surface area contributed by atoms with Crippen molar-refractivity contribution in [1.82, 2.24) is 4.90 Å². The zero-order chi connectivity index (χ0) is 23.4. The van der Waals surface area contributed by atoms with E-state index in [0.717, 1.165) is 22.4 Å². The van der Waals surface area contributed by atoms with Crippen molar-refractivity contribution in [3.8, 4) is 0 Å². The number of nitrogens with zero attached hydrogens (tertiary/aromatic N) is 1. The fraction of sp³-hybridized carbons (Fsp3) is 0.269. The molecule has 4 rings (SSSR count). The maximum absolute atomic E-state index is 13.0. The molecule has 3 aromatic rings. The number of hydrogen-bond donors (Lipinski definition) is 1. The first-order chi connectivity index (χ1) is 16.0. The summed E-state index contributed by atoms with van der Waals surface area (Å²) in [6.07, 6.45) is 1.35. The number of amides is 2. The van der Waals surface area contributed by atoms with Gasteiger partial charge < -0.3 is 15.0 Å². The lowest BCUT2D eigenvalue weighted by Crippen LogP contribution is -2.34. The highest BCUT2D eigenvalue weighted by Gasteiger charge is 2.30. The molecule has 2 heterocycles. The van der Waals surface area contributed by atoms with Gasteiger partial charge in [0.15, 0.2) is 0 Å². The van der Waals surface area contributed by atoms with E-state index in [1.807, 2.05) is 30.3 Å². The summed E-state index contributed by atoms with van der Waals surface area (Å²) in [6.45, 7) is 4.52. The molecule has 1 aliphatic rings. The number of thiophene rings is 1. The Morgan fingerprint density at radius 3 is 2.39 bits per heavy atom. The molecule has 2 aromatic carbocycles. The Hall–Kier alpha value is -3.45. The molecule has 7 heteroatoms. The normalized spacial score (nSPS) is 12.7. The van der Waals surface area contributed by atoms with Crippen molar-refractivity contribution in [3.63, 3.8) is 0 Å². The maximum atomic E-state index is 13.0. The third-order valence-electron chi connectivity index (χ3n) is 5.68. The summed E-state index contributed by atoms with van der Waals surface area (Å²) in [5.74, 6) is -0.735. The Morgan fingerprint density at radius 1 is 1.03 bits per heavy atom. The molecule has 170 valence electrons. The molecule has 1 aromatic heterocycles. The predicted molar refractivity (Wildman–Crippen MR) is 129 cm³/mol. The highest BCUT2D eigenvalue weighted by atomic mass is 32.1. The Bertz CT molecular complexity index is 1170. The van der Waals surface area contributed by atoms with Gasteiger partial charge >= 0.3 is 5.97 Å².